The second-order valence-corrected chi connectivity index (χ2v) is 3.49. The Hall–Kier alpha value is -2.55. The minimum Gasteiger partial charge on any atom is -0.457 e. The largest absolute Gasteiger partial charge is 0.457 e. The predicted octanol–water partition coefficient (Wildman–Crippen LogP) is 3.89. The molecule has 3 heteroatoms. The van der Waals surface area contributed by atoms with E-state index in [2.05, 4.69) is 10.2 Å². The third kappa shape index (κ3) is 4.14. The van der Waals surface area contributed by atoms with Crippen molar-refractivity contribution in [2.45, 2.75) is 0 Å². The van der Waals surface area contributed by atoms with E-state index in [9.17, 15) is 0 Å². The summed E-state index contributed by atoms with van der Waals surface area (Å²) in [4.78, 5) is 0. The Morgan fingerprint density at radius 3 is 1.61 bits per heavy atom. The van der Waals surface area contributed by atoms with E-state index in [0.717, 1.165) is 11.5 Å². The normalized spacial score (nSPS) is 9.11. The van der Waals surface area contributed by atoms with Gasteiger partial charge in [0.2, 0.25) is 0 Å². The molecular weight excluding hydrogens is 224 g/mol. The van der Waals surface area contributed by atoms with E-state index in [1.165, 1.54) is 0 Å². The average molecular weight is 238 g/mol. The molecule has 0 aliphatic rings. The SMILES string of the molecule is c1ccc(Oc2ccccc2)cc1.c1cn[nH]c1. The van der Waals surface area contributed by atoms with Crippen molar-refractivity contribution in [2.75, 3.05) is 0 Å². The van der Waals surface area contributed by atoms with Crippen molar-refractivity contribution in [3.8, 4) is 11.5 Å². The number of aromatic amines is 1. The predicted molar refractivity (Wildman–Crippen MR) is 71.5 cm³/mol. The van der Waals surface area contributed by atoms with E-state index in [4.69, 9.17) is 4.74 Å². The van der Waals surface area contributed by atoms with Crippen LogP contribution in [0.3, 0.4) is 0 Å². The highest BCUT2D eigenvalue weighted by molar-refractivity contribution is 5.30. The maximum Gasteiger partial charge on any atom is 0.127 e. The van der Waals surface area contributed by atoms with E-state index in [-0.39, 0.29) is 0 Å². The van der Waals surface area contributed by atoms with Gasteiger partial charge in [0, 0.05) is 12.4 Å². The minimum atomic E-state index is 0.869. The van der Waals surface area contributed by atoms with Crippen LogP contribution in [0.4, 0.5) is 0 Å². The fourth-order valence-corrected chi connectivity index (χ4v) is 1.33. The number of benzene rings is 2. The van der Waals surface area contributed by atoms with Gasteiger partial charge in [-0.05, 0) is 30.3 Å². The van der Waals surface area contributed by atoms with Gasteiger partial charge in [0.05, 0.1) is 0 Å². The molecule has 0 bridgehead atoms. The third-order valence-electron chi connectivity index (χ3n) is 2.13. The van der Waals surface area contributed by atoms with Crippen molar-refractivity contribution in [1.82, 2.24) is 10.2 Å². The number of ether oxygens (including phenoxy) is 1. The summed E-state index contributed by atoms with van der Waals surface area (Å²) in [6.07, 6.45) is 3.46. The Kier molecular flexibility index (Phi) is 4.58. The van der Waals surface area contributed by atoms with Crippen LogP contribution in [0.15, 0.2) is 79.1 Å². The number of hydrogen-bond acceptors (Lipinski definition) is 2. The van der Waals surface area contributed by atoms with Crippen LogP contribution in [-0.2, 0) is 0 Å². The number of H-pyrrole nitrogens is 1. The topological polar surface area (TPSA) is 37.9 Å². The van der Waals surface area contributed by atoms with Crippen LogP contribution >= 0.6 is 0 Å². The monoisotopic (exact) mass is 238 g/mol. The molecule has 2 aromatic carbocycles. The molecule has 0 spiro atoms. The molecule has 1 heterocycles. The van der Waals surface area contributed by atoms with E-state index in [0.29, 0.717) is 0 Å². The van der Waals surface area contributed by atoms with Crippen molar-refractivity contribution >= 4 is 0 Å². The van der Waals surface area contributed by atoms with Gasteiger partial charge >= 0.3 is 0 Å². The smallest absolute Gasteiger partial charge is 0.127 e. The lowest BCUT2D eigenvalue weighted by Gasteiger charge is -2.03. The van der Waals surface area contributed by atoms with Gasteiger partial charge < -0.3 is 4.74 Å². The molecule has 0 aliphatic carbocycles. The quantitative estimate of drug-likeness (QED) is 0.735. The highest BCUT2D eigenvalue weighted by Crippen LogP contribution is 2.19. The Balaban J connectivity index is 0.000000202. The van der Waals surface area contributed by atoms with Gasteiger partial charge in [-0.15, -0.1) is 0 Å². The molecule has 3 nitrogen and oxygen atoms in total. The zero-order chi connectivity index (χ0) is 12.5. The van der Waals surface area contributed by atoms with Crippen LogP contribution in [0.25, 0.3) is 0 Å². The van der Waals surface area contributed by atoms with Crippen molar-refractivity contribution < 1.29 is 4.74 Å². The van der Waals surface area contributed by atoms with Crippen LogP contribution in [0.5, 0.6) is 11.5 Å². The van der Waals surface area contributed by atoms with Crippen LogP contribution in [-0.4, -0.2) is 10.2 Å². The summed E-state index contributed by atoms with van der Waals surface area (Å²) in [5.41, 5.74) is 0. The molecule has 90 valence electrons. The zero-order valence-electron chi connectivity index (χ0n) is 9.86. The minimum absolute atomic E-state index is 0.869. The van der Waals surface area contributed by atoms with Gasteiger partial charge in [-0.25, -0.2) is 0 Å². The molecule has 0 amide bonds. The standard InChI is InChI=1S/C12H10O.C3H4N2/c1-3-7-11(8-4-1)13-12-9-5-2-6-10-12;1-2-4-5-3-1/h1-10H;1-3H,(H,4,5). The Morgan fingerprint density at radius 2 is 1.28 bits per heavy atom. The molecule has 0 radical (unpaired) electrons. The molecule has 1 N–H and O–H groups in total. The van der Waals surface area contributed by atoms with Crippen molar-refractivity contribution in [2.24, 2.45) is 0 Å². The second-order valence-electron chi connectivity index (χ2n) is 3.49. The third-order valence-corrected chi connectivity index (χ3v) is 2.13. The van der Waals surface area contributed by atoms with Gasteiger partial charge in [0.15, 0.2) is 0 Å². The lowest BCUT2D eigenvalue weighted by Crippen LogP contribution is -1.81. The Bertz CT molecular complexity index is 466. The molecule has 0 aliphatic heterocycles. The molecule has 3 rings (SSSR count). The van der Waals surface area contributed by atoms with Gasteiger partial charge in [-0.1, -0.05) is 36.4 Å². The van der Waals surface area contributed by atoms with Crippen molar-refractivity contribution in [3.63, 3.8) is 0 Å². The summed E-state index contributed by atoms with van der Waals surface area (Å²) >= 11 is 0. The van der Waals surface area contributed by atoms with Gasteiger partial charge in [0.1, 0.15) is 11.5 Å². The molecule has 0 atom stereocenters. The first-order valence-electron chi connectivity index (χ1n) is 5.67. The summed E-state index contributed by atoms with van der Waals surface area (Å²) in [7, 11) is 0. The number of nitrogens with zero attached hydrogens (tertiary/aromatic N) is 1. The summed E-state index contributed by atoms with van der Waals surface area (Å²) in [6, 6.07) is 21.3. The second kappa shape index (κ2) is 6.91. The van der Waals surface area contributed by atoms with Crippen LogP contribution in [0, 0.1) is 0 Å². The highest BCUT2D eigenvalue weighted by atomic mass is 16.5. The molecular formula is C15H14N2O. The van der Waals surface area contributed by atoms with E-state index < -0.39 is 0 Å². The fraction of sp³-hybridized carbons (Fsp3) is 0. The van der Waals surface area contributed by atoms with Gasteiger partial charge in [-0.3, -0.25) is 5.10 Å². The first-order valence-corrected chi connectivity index (χ1v) is 5.67. The molecule has 0 saturated heterocycles. The average Bonchev–Trinajstić information content (AvgIpc) is 3.00. The Labute approximate surface area is 106 Å². The van der Waals surface area contributed by atoms with Crippen molar-refractivity contribution in [1.29, 1.82) is 0 Å². The number of hydrogen-bond donors (Lipinski definition) is 1. The summed E-state index contributed by atoms with van der Waals surface area (Å²) in [6.45, 7) is 0. The highest BCUT2D eigenvalue weighted by Gasteiger charge is 1.92. The molecule has 1 aromatic heterocycles. The number of rotatable bonds is 2. The summed E-state index contributed by atoms with van der Waals surface area (Å²) < 4.78 is 5.58. The summed E-state index contributed by atoms with van der Waals surface area (Å²) in [5, 5.41) is 6.21. The molecule has 3 aromatic rings. The Morgan fingerprint density at radius 1 is 0.722 bits per heavy atom. The van der Waals surface area contributed by atoms with E-state index in [1.807, 2.05) is 66.7 Å². The molecule has 0 saturated carbocycles. The first-order chi connectivity index (χ1) is 8.95. The summed E-state index contributed by atoms with van der Waals surface area (Å²) in [5.74, 6) is 1.74. The zero-order valence-corrected chi connectivity index (χ0v) is 9.86. The maximum atomic E-state index is 5.58. The van der Waals surface area contributed by atoms with Crippen LogP contribution in [0.1, 0.15) is 0 Å². The fourth-order valence-electron chi connectivity index (χ4n) is 1.33. The van der Waals surface area contributed by atoms with Crippen LogP contribution < -0.4 is 4.74 Å². The lowest BCUT2D eigenvalue weighted by molar-refractivity contribution is 0.482. The maximum absolute atomic E-state index is 5.58. The molecule has 0 fully saturated rings. The molecule has 0 unspecified atom stereocenters. The lowest BCUT2D eigenvalue weighted by atomic mass is 10.3. The number of nitrogens with one attached hydrogen (secondary N) is 1. The molecule has 18 heavy (non-hydrogen) atoms. The van der Waals surface area contributed by atoms with E-state index in [1.54, 1.807) is 12.4 Å². The number of aromatic nitrogens is 2. The van der Waals surface area contributed by atoms with Gasteiger partial charge in [0.25, 0.3) is 0 Å². The first kappa shape index (κ1) is 11.9. The van der Waals surface area contributed by atoms with Crippen LogP contribution in [0.2, 0.25) is 0 Å². The van der Waals surface area contributed by atoms with Crippen molar-refractivity contribution in [3.05, 3.63) is 79.1 Å². The van der Waals surface area contributed by atoms with Gasteiger partial charge in [-0.2, -0.15) is 5.10 Å². The number of para-hydroxylation sites is 2. The van der Waals surface area contributed by atoms with E-state index >= 15 is 0 Å².